The second kappa shape index (κ2) is 5.19. The van der Waals surface area contributed by atoms with Crippen molar-refractivity contribution in [3.8, 4) is 0 Å². The molecule has 2 aromatic rings. The van der Waals surface area contributed by atoms with Crippen LogP contribution in [0.1, 0.15) is 10.4 Å². The van der Waals surface area contributed by atoms with Gasteiger partial charge in [0.2, 0.25) is 0 Å². The molecule has 0 fully saturated rings. The highest BCUT2D eigenvalue weighted by Gasteiger charge is 2.14. The zero-order chi connectivity index (χ0) is 14.0. The number of anilines is 2. The summed E-state index contributed by atoms with van der Waals surface area (Å²) in [5.74, 6) is -2.98. The van der Waals surface area contributed by atoms with E-state index in [4.69, 9.17) is 16.7 Å². The molecule has 0 bridgehead atoms. The van der Waals surface area contributed by atoms with Crippen molar-refractivity contribution < 1.29 is 18.7 Å². The van der Waals surface area contributed by atoms with E-state index in [0.717, 1.165) is 18.3 Å². The minimum atomic E-state index is -1.38. The van der Waals surface area contributed by atoms with E-state index < -0.39 is 23.2 Å². The van der Waals surface area contributed by atoms with Gasteiger partial charge in [-0.1, -0.05) is 11.6 Å². The lowest BCUT2D eigenvalue weighted by Gasteiger charge is -2.09. The standard InChI is InChI=1S/C12H7ClF2N2O2/c13-6-1-2-9(15)10(3-6)17-11-8(12(18)19)4-7(14)5-16-11/h1-5H,(H,16,17)(H,18,19). The van der Waals surface area contributed by atoms with E-state index in [2.05, 4.69) is 10.3 Å². The van der Waals surface area contributed by atoms with Gasteiger partial charge in [-0.2, -0.15) is 0 Å². The third kappa shape index (κ3) is 2.97. The van der Waals surface area contributed by atoms with Crippen LogP contribution in [0.15, 0.2) is 30.5 Å². The van der Waals surface area contributed by atoms with Gasteiger partial charge in [-0.3, -0.25) is 0 Å². The van der Waals surface area contributed by atoms with Gasteiger partial charge < -0.3 is 10.4 Å². The van der Waals surface area contributed by atoms with E-state index in [1.807, 2.05) is 0 Å². The maximum absolute atomic E-state index is 13.5. The van der Waals surface area contributed by atoms with E-state index in [1.54, 1.807) is 0 Å². The van der Waals surface area contributed by atoms with Crippen LogP contribution in [-0.4, -0.2) is 16.1 Å². The van der Waals surface area contributed by atoms with Crippen molar-refractivity contribution in [2.75, 3.05) is 5.32 Å². The van der Waals surface area contributed by atoms with Crippen LogP contribution in [0.5, 0.6) is 0 Å². The topological polar surface area (TPSA) is 62.2 Å². The van der Waals surface area contributed by atoms with Gasteiger partial charge >= 0.3 is 5.97 Å². The Balaban J connectivity index is 2.43. The Hall–Kier alpha value is -2.21. The molecule has 0 amide bonds. The number of carbonyl (C=O) groups is 1. The lowest BCUT2D eigenvalue weighted by molar-refractivity contribution is 0.0697. The summed E-state index contributed by atoms with van der Waals surface area (Å²) in [4.78, 5) is 14.5. The molecule has 2 N–H and O–H groups in total. The normalized spacial score (nSPS) is 10.3. The molecule has 1 aromatic heterocycles. The maximum atomic E-state index is 13.5. The molecule has 0 aliphatic rings. The third-order valence-corrected chi connectivity index (χ3v) is 2.50. The maximum Gasteiger partial charge on any atom is 0.339 e. The monoisotopic (exact) mass is 284 g/mol. The van der Waals surface area contributed by atoms with Crippen LogP contribution < -0.4 is 5.32 Å². The van der Waals surface area contributed by atoms with Gasteiger partial charge in [0.15, 0.2) is 0 Å². The lowest BCUT2D eigenvalue weighted by Crippen LogP contribution is -2.06. The zero-order valence-electron chi connectivity index (χ0n) is 9.32. The molecule has 0 unspecified atom stereocenters. The van der Waals surface area contributed by atoms with Crippen LogP contribution in [0.25, 0.3) is 0 Å². The average molecular weight is 285 g/mol. The lowest BCUT2D eigenvalue weighted by atomic mass is 10.2. The molecule has 2 rings (SSSR count). The fourth-order valence-corrected chi connectivity index (χ4v) is 1.59. The number of hydrogen-bond acceptors (Lipinski definition) is 3. The second-order valence-electron chi connectivity index (χ2n) is 3.60. The van der Waals surface area contributed by atoms with Gasteiger partial charge in [-0.25, -0.2) is 18.6 Å². The molecule has 1 aromatic carbocycles. The Morgan fingerprint density at radius 3 is 2.74 bits per heavy atom. The predicted octanol–water partition coefficient (Wildman–Crippen LogP) is 3.46. The molecule has 0 radical (unpaired) electrons. The Morgan fingerprint density at radius 2 is 2.05 bits per heavy atom. The first-order chi connectivity index (χ1) is 8.97. The smallest absolute Gasteiger partial charge is 0.339 e. The summed E-state index contributed by atoms with van der Waals surface area (Å²) in [5, 5.41) is 11.7. The van der Waals surface area contributed by atoms with Crippen molar-refractivity contribution in [1.82, 2.24) is 4.98 Å². The fraction of sp³-hybridized carbons (Fsp3) is 0. The van der Waals surface area contributed by atoms with E-state index >= 15 is 0 Å². The number of pyridine rings is 1. The first kappa shape index (κ1) is 13.2. The predicted molar refractivity (Wildman–Crippen MR) is 65.8 cm³/mol. The van der Waals surface area contributed by atoms with Crippen LogP contribution in [0, 0.1) is 11.6 Å². The van der Waals surface area contributed by atoms with Crippen molar-refractivity contribution in [3.05, 3.63) is 52.7 Å². The molecular weight excluding hydrogens is 278 g/mol. The molecule has 0 atom stereocenters. The summed E-state index contributed by atoms with van der Waals surface area (Å²) in [6.45, 7) is 0. The van der Waals surface area contributed by atoms with E-state index in [-0.39, 0.29) is 16.5 Å². The minimum Gasteiger partial charge on any atom is -0.478 e. The van der Waals surface area contributed by atoms with Gasteiger partial charge in [-0.15, -0.1) is 0 Å². The summed E-state index contributed by atoms with van der Waals surface area (Å²) >= 11 is 5.71. The van der Waals surface area contributed by atoms with Crippen molar-refractivity contribution in [2.24, 2.45) is 0 Å². The molecule has 7 heteroatoms. The number of carboxylic acids is 1. The summed E-state index contributed by atoms with van der Waals surface area (Å²) in [5.41, 5.74) is -0.450. The van der Waals surface area contributed by atoms with Crippen molar-refractivity contribution >= 4 is 29.1 Å². The molecule has 0 saturated carbocycles. The molecule has 19 heavy (non-hydrogen) atoms. The molecule has 0 spiro atoms. The van der Waals surface area contributed by atoms with Crippen LogP contribution in [0.3, 0.4) is 0 Å². The molecule has 98 valence electrons. The van der Waals surface area contributed by atoms with Crippen molar-refractivity contribution in [2.45, 2.75) is 0 Å². The highest BCUT2D eigenvalue weighted by atomic mass is 35.5. The number of aromatic carboxylic acids is 1. The molecule has 0 aliphatic heterocycles. The highest BCUT2D eigenvalue weighted by molar-refractivity contribution is 6.30. The number of nitrogens with zero attached hydrogens (tertiary/aromatic N) is 1. The minimum absolute atomic E-state index is 0.0471. The van der Waals surface area contributed by atoms with Gasteiger partial charge in [0.05, 0.1) is 11.9 Å². The summed E-state index contributed by atoms with van der Waals surface area (Å²) in [6.07, 6.45) is 0.831. The van der Waals surface area contributed by atoms with Gasteiger partial charge in [0.25, 0.3) is 0 Å². The number of aromatic nitrogens is 1. The quantitative estimate of drug-likeness (QED) is 0.906. The molecule has 4 nitrogen and oxygen atoms in total. The Kier molecular flexibility index (Phi) is 3.62. The fourth-order valence-electron chi connectivity index (χ4n) is 1.42. The van der Waals surface area contributed by atoms with Crippen molar-refractivity contribution in [1.29, 1.82) is 0 Å². The summed E-state index contributed by atoms with van der Waals surface area (Å²) in [6, 6.07) is 4.53. The van der Waals surface area contributed by atoms with Crippen LogP contribution >= 0.6 is 11.6 Å². The van der Waals surface area contributed by atoms with Crippen LogP contribution in [0.4, 0.5) is 20.3 Å². The van der Waals surface area contributed by atoms with Gasteiger partial charge in [0, 0.05) is 5.02 Å². The van der Waals surface area contributed by atoms with E-state index in [9.17, 15) is 13.6 Å². The largest absolute Gasteiger partial charge is 0.478 e. The molecule has 1 heterocycles. The summed E-state index contributed by atoms with van der Waals surface area (Å²) < 4.78 is 26.4. The van der Waals surface area contributed by atoms with Crippen LogP contribution in [0.2, 0.25) is 5.02 Å². The zero-order valence-corrected chi connectivity index (χ0v) is 10.1. The van der Waals surface area contributed by atoms with Crippen LogP contribution in [-0.2, 0) is 0 Å². The van der Waals surface area contributed by atoms with Gasteiger partial charge in [0.1, 0.15) is 23.0 Å². The van der Waals surface area contributed by atoms with E-state index in [0.29, 0.717) is 0 Å². The van der Waals surface area contributed by atoms with E-state index in [1.165, 1.54) is 12.1 Å². The Labute approximate surface area is 111 Å². The third-order valence-electron chi connectivity index (χ3n) is 2.27. The Morgan fingerprint density at radius 1 is 1.32 bits per heavy atom. The van der Waals surface area contributed by atoms with Gasteiger partial charge in [-0.05, 0) is 24.3 Å². The number of carboxylic acid groups (broad SMARTS) is 1. The molecule has 0 saturated heterocycles. The number of nitrogens with one attached hydrogen (secondary N) is 1. The van der Waals surface area contributed by atoms with Crippen molar-refractivity contribution in [3.63, 3.8) is 0 Å². The SMILES string of the molecule is O=C(O)c1cc(F)cnc1Nc1cc(Cl)ccc1F. The second-order valence-corrected chi connectivity index (χ2v) is 4.04. The molecular formula is C12H7ClF2N2O2. The summed E-state index contributed by atoms with van der Waals surface area (Å²) in [7, 11) is 0. The molecule has 0 aliphatic carbocycles. The highest BCUT2D eigenvalue weighted by Crippen LogP contribution is 2.24. The average Bonchev–Trinajstić information content (AvgIpc) is 2.35. The number of halogens is 3. The first-order valence-electron chi connectivity index (χ1n) is 5.08. The number of benzene rings is 1. The first-order valence-corrected chi connectivity index (χ1v) is 5.46. The Bertz CT molecular complexity index is 650. The number of hydrogen-bond donors (Lipinski definition) is 2. The number of rotatable bonds is 3.